The summed E-state index contributed by atoms with van der Waals surface area (Å²) in [5.74, 6) is 0.184. The molecule has 0 bridgehead atoms. The van der Waals surface area contributed by atoms with E-state index in [9.17, 15) is 4.39 Å². The van der Waals surface area contributed by atoms with Crippen LogP contribution in [0.4, 0.5) is 10.2 Å². The van der Waals surface area contributed by atoms with Crippen LogP contribution in [0.5, 0.6) is 0 Å². The van der Waals surface area contributed by atoms with Crippen LogP contribution in [0.25, 0.3) is 16.9 Å². The van der Waals surface area contributed by atoms with Gasteiger partial charge in [-0.15, -0.1) is 0 Å². The number of halogens is 1. The molecule has 3 aromatic heterocycles. The molecule has 27 heavy (non-hydrogen) atoms. The maximum absolute atomic E-state index is 14.3. The van der Waals surface area contributed by atoms with Crippen LogP contribution in [0.2, 0.25) is 0 Å². The number of nitrogens with zero attached hydrogens (tertiary/aromatic N) is 6. The molecule has 4 heterocycles. The van der Waals surface area contributed by atoms with Gasteiger partial charge in [-0.2, -0.15) is 10.4 Å². The molecule has 0 saturated carbocycles. The predicted octanol–water partition coefficient (Wildman–Crippen LogP) is 2.72. The van der Waals surface area contributed by atoms with Crippen molar-refractivity contribution in [1.29, 1.82) is 5.26 Å². The summed E-state index contributed by atoms with van der Waals surface area (Å²) in [5, 5.41) is 16.3. The van der Waals surface area contributed by atoms with E-state index in [2.05, 4.69) is 31.4 Å². The van der Waals surface area contributed by atoms with E-state index in [-0.39, 0.29) is 11.9 Å². The number of piperidine rings is 1. The average Bonchev–Trinajstić information content (AvgIpc) is 3.13. The molecule has 0 amide bonds. The highest BCUT2D eigenvalue weighted by atomic mass is 19.1. The SMILES string of the molecule is N#CCCN1CCC[C@@H](Nc2nc(-c3cnn4ccccc34)ncc2F)C1. The van der Waals surface area contributed by atoms with Crippen molar-refractivity contribution in [2.24, 2.45) is 0 Å². The lowest BCUT2D eigenvalue weighted by Gasteiger charge is -2.32. The molecule has 1 N–H and O–H groups in total. The first kappa shape index (κ1) is 17.4. The van der Waals surface area contributed by atoms with Gasteiger partial charge >= 0.3 is 0 Å². The minimum absolute atomic E-state index is 0.0959. The summed E-state index contributed by atoms with van der Waals surface area (Å²) in [7, 11) is 0. The third-order valence-electron chi connectivity index (χ3n) is 4.80. The van der Waals surface area contributed by atoms with E-state index in [1.165, 1.54) is 6.20 Å². The number of likely N-dealkylation sites (tertiary alicyclic amines) is 1. The van der Waals surface area contributed by atoms with E-state index in [0.717, 1.165) is 43.6 Å². The number of nitriles is 1. The fourth-order valence-corrected chi connectivity index (χ4v) is 3.48. The topological polar surface area (TPSA) is 82.1 Å². The van der Waals surface area contributed by atoms with Gasteiger partial charge in [0.1, 0.15) is 0 Å². The monoisotopic (exact) mass is 365 g/mol. The van der Waals surface area contributed by atoms with Gasteiger partial charge in [0.2, 0.25) is 0 Å². The number of aromatic nitrogens is 4. The second-order valence-electron chi connectivity index (χ2n) is 6.67. The molecule has 1 aliphatic heterocycles. The van der Waals surface area contributed by atoms with Gasteiger partial charge in [-0.1, -0.05) is 6.07 Å². The lowest BCUT2D eigenvalue weighted by molar-refractivity contribution is 0.220. The lowest BCUT2D eigenvalue weighted by atomic mass is 10.1. The van der Waals surface area contributed by atoms with Gasteiger partial charge in [0.15, 0.2) is 17.5 Å². The van der Waals surface area contributed by atoms with Gasteiger partial charge in [0.25, 0.3) is 0 Å². The maximum Gasteiger partial charge on any atom is 0.183 e. The molecule has 0 aromatic carbocycles. The number of fused-ring (bicyclic) bond motifs is 1. The molecule has 8 heteroatoms. The van der Waals surface area contributed by atoms with Gasteiger partial charge in [0.05, 0.1) is 29.5 Å². The Bertz CT molecular complexity index is 978. The first-order chi connectivity index (χ1) is 13.2. The molecule has 4 rings (SSSR count). The Balaban J connectivity index is 1.55. The van der Waals surface area contributed by atoms with Crippen LogP contribution < -0.4 is 5.32 Å². The summed E-state index contributed by atoms with van der Waals surface area (Å²) in [6, 6.07) is 8.01. The Morgan fingerprint density at radius 2 is 2.26 bits per heavy atom. The summed E-state index contributed by atoms with van der Waals surface area (Å²) in [5.41, 5.74) is 1.63. The van der Waals surface area contributed by atoms with E-state index in [1.807, 2.05) is 24.4 Å². The van der Waals surface area contributed by atoms with E-state index < -0.39 is 5.82 Å². The Morgan fingerprint density at radius 1 is 1.33 bits per heavy atom. The molecule has 3 aromatic rings. The number of nitrogens with one attached hydrogen (secondary N) is 1. The summed E-state index contributed by atoms with van der Waals surface area (Å²) < 4.78 is 16.1. The van der Waals surface area contributed by atoms with E-state index in [1.54, 1.807) is 10.7 Å². The molecule has 1 aliphatic rings. The van der Waals surface area contributed by atoms with Crippen molar-refractivity contribution in [1.82, 2.24) is 24.5 Å². The Kier molecular flexibility index (Phi) is 4.94. The zero-order chi connectivity index (χ0) is 18.6. The summed E-state index contributed by atoms with van der Waals surface area (Å²) >= 11 is 0. The van der Waals surface area contributed by atoms with Gasteiger partial charge < -0.3 is 10.2 Å². The average molecular weight is 365 g/mol. The molecule has 0 radical (unpaired) electrons. The van der Waals surface area contributed by atoms with Gasteiger partial charge in [-0.25, -0.2) is 18.9 Å². The predicted molar refractivity (Wildman–Crippen MR) is 99.5 cm³/mol. The van der Waals surface area contributed by atoms with Gasteiger partial charge in [-0.05, 0) is 31.5 Å². The normalized spacial score (nSPS) is 17.7. The lowest BCUT2D eigenvalue weighted by Crippen LogP contribution is -2.42. The van der Waals surface area contributed by atoms with Crippen molar-refractivity contribution in [2.45, 2.75) is 25.3 Å². The molecular formula is C19H20FN7. The third-order valence-corrected chi connectivity index (χ3v) is 4.80. The number of hydrogen-bond donors (Lipinski definition) is 1. The Hall–Kier alpha value is -3.05. The first-order valence-electron chi connectivity index (χ1n) is 9.06. The highest BCUT2D eigenvalue weighted by Crippen LogP contribution is 2.24. The maximum atomic E-state index is 14.3. The zero-order valence-corrected chi connectivity index (χ0v) is 14.8. The molecule has 7 nitrogen and oxygen atoms in total. The van der Waals surface area contributed by atoms with Crippen LogP contribution in [0, 0.1) is 17.1 Å². The standard InChI is InChI=1S/C19H20FN7/c20-16-12-22-18(15-11-23-27-10-2-1-6-17(15)27)25-19(16)24-14-5-3-8-26(13-14)9-4-7-21/h1-2,6,10-12,14H,3-5,8-9,13H2,(H,22,24,25)/t14-/m1/s1. The number of pyridine rings is 1. The second-order valence-corrected chi connectivity index (χ2v) is 6.67. The largest absolute Gasteiger partial charge is 0.363 e. The molecule has 0 aliphatic carbocycles. The summed E-state index contributed by atoms with van der Waals surface area (Å²) in [6.07, 6.45) is 7.20. The molecule has 0 spiro atoms. The number of hydrogen-bond acceptors (Lipinski definition) is 6. The van der Waals surface area contributed by atoms with E-state index in [4.69, 9.17) is 5.26 Å². The van der Waals surface area contributed by atoms with Crippen molar-refractivity contribution >= 4 is 11.3 Å². The smallest absolute Gasteiger partial charge is 0.183 e. The van der Waals surface area contributed by atoms with Crippen molar-refractivity contribution in [3.8, 4) is 17.5 Å². The van der Waals surface area contributed by atoms with Crippen LogP contribution in [0.15, 0.2) is 36.8 Å². The van der Waals surface area contributed by atoms with Gasteiger partial charge in [-0.3, -0.25) is 0 Å². The van der Waals surface area contributed by atoms with Crippen LogP contribution in [-0.4, -0.2) is 50.2 Å². The van der Waals surface area contributed by atoms with E-state index >= 15 is 0 Å². The minimum atomic E-state index is -0.468. The van der Waals surface area contributed by atoms with E-state index in [0.29, 0.717) is 12.2 Å². The molecule has 0 unspecified atom stereocenters. The molecular weight excluding hydrogens is 345 g/mol. The highest BCUT2D eigenvalue weighted by molar-refractivity contribution is 5.75. The van der Waals surface area contributed by atoms with Crippen LogP contribution in [-0.2, 0) is 0 Å². The van der Waals surface area contributed by atoms with Crippen molar-refractivity contribution in [3.05, 3.63) is 42.6 Å². The second kappa shape index (κ2) is 7.68. The van der Waals surface area contributed by atoms with Crippen molar-refractivity contribution in [3.63, 3.8) is 0 Å². The highest BCUT2D eigenvalue weighted by Gasteiger charge is 2.21. The number of rotatable bonds is 5. The molecule has 1 atom stereocenters. The summed E-state index contributed by atoms with van der Waals surface area (Å²) in [6.45, 7) is 2.49. The quantitative estimate of drug-likeness (QED) is 0.749. The third kappa shape index (κ3) is 3.73. The van der Waals surface area contributed by atoms with Crippen molar-refractivity contribution < 1.29 is 4.39 Å². The summed E-state index contributed by atoms with van der Waals surface area (Å²) in [4.78, 5) is 10.8. The molecule has 1 saturated heterocycles. The number of anilines is 1. The Labute approximate surface area is 156 Å². The van der Waals surface area contributed by atoms with Crippen LogP contribution >= 0.6 is 0 Å². The van der Waals surface area contributed by atoms with Gasteiger partial charge in [0, 0.05) is 31.7 Å². The minimum Gasteiger partial charge on any atom is -0.363 e. The fraction of sp³-hybridized carbons (Fsp3) is 0.368. The fourth-order valence-electron chi connectivity index (χ4n) is 3.48. The Morgan fingerprint density at radius 3 is 3.15 bits per heavy atom. The van der Waals surface area contributed by atoms with Crippen LogP contribution in [0.3, 0.4) is 0 Å². The molecule has 1 fully saturated rings. The zero-order valence-electron chi connectivity index (χ0n) is 14.8. The molecule has 138 valence electrons. The van der Waals surface area contributed by atoms with Crippen LogP contribution in [0.1, 0.15) is 19.3 Å². The first-order valence-corrected chi connectivity index (χ1v) is 9.06. The van der Waals surface area contributed by atoms with Crippen molar-refractivity contribution in [2.75, 3.05) is 25.0 Å².